The van der Waals surface area contributed by atoms with E-state index in [1.807, 2.05) is 0 Å². The summed E-state index contributed by atoms with van der Waals surface area (Å²) < 4.78 is 24.3. The molecule has 0 atom stereocenters. The highest BCUT2D eigenvalue weighted by Crippen LogP contribution is 2.16. The zero-order chi connectivity index (χ0) is 16.9. The van der Waals surface area contributed by atoms with Crippen molar-refractivity contribution in [2.45, 2.75) is 6.10 Å². The Morgan fingerprint density at radius 3 is 2.30 bits per heavy atom. The summed E-state index contributed by atoms with van der Waals surface area (Å²) in [5.41, 5.74) is 0. The highest BCUT2D eigenvalue weighted by molar-refractivity contribution is 8.38. The fourth-order valence-corrected chi connectivity index (χ4v) is 2.82. The molecule has 1 aliphatic heterocycles. The van der Waals surface area contributed by atoms with Gasteiger partial charge in [-0.25, -0.2) is 9.59 Å². The molecule has 8 nitrogen and oxygen atoms in total. The van der Waals surface area contributed by atoms with Crippen LogP contribution in [0.4, 0.5) is 9.59 Å². The number of carbonyl (C=O) groups is 3. The predicted molar refractivity (Wildman–Crippen MR) is 84.5 cm³/mol. The van der Waals surface area contributed by atoms with Crippen LogP contribution in [0.2, 0.25) is 0 Å². The van der Waals surface area contributed by atoms with E-state index < -0.39 is 18.2 Å². The molecule has 1 saturated heterocycles. The van der Waals surface area contributed by atoms with Gasteiger partial charge in [-0.1, -0.05) is 30.1 Å². The van der Waals surface area contributed by atoms with E-state index >= 15 is 0 Å². The molecule has 0 aromatic heterocycles. The summed E-state index contributed by atoms with van der Waals surface area (Å²) in [5.74, 6) is 0.146. The van der Waals surface area contributed by atoms with Crippen molar-refractivity contribution in [3.05, 3.63) is 12.7 Å². The van der Waals surface area contributed by atoms with Gasteiger partial charge in [-0.15, -0.1) is 0 Å². The SMILES string of the molecule is C=CC(=O)OCCSC(=O)SCCOC(=O)OC1COCOC1. The quantitative estimate of drug-likeness (QED) is 0.359. The summed E-state index contributed by atoms with van der Waals surface area (Å²) in [6.45, 7) is 4.18. The van der Waals surface area contributed by atoms with Crippen LogP contribution in [0.15, 0.2) is 12.7 Å². The maximum absolute atomic E-state index is 11.5. The van der Waals surface area contributed by atoms with Crippen LogP contribution in [0.25, 0.3) is 0 Å². The number of esters is 1. The normalized spacial score (nSPS) is 14.8. The van der Waals surface area contributed by atoms with Crippen LogP contribution in [0.5, 0.6) is 0 Å². The number of ether oxygens (including phenoxy) is 5. The van der Waals surface area contributed by atoms with Gasteiger partial charge in [-0.2, -0.15) is 0 Å². The summed E-state index contributed by atoms with van der Waals surface area (Å²) in [7, 11) is 0. The molecular weight excluding hydrogens is 348 g/mol. The molecule has 23 heavy (non-hydrogen) atoms. The lowest BCUT2D eigenvalue weighted by atomic mass is 10.4. The Kier molecular flexibility index (Phi) is 10.5. The van der Waals surface area contributed by atoms with Gasteiger partial charge in [-0.3, -0.25) is 4.79 Å². The fourth-order valence-electron chi connectivity index (χ4n) is 1.32. The minimum Gasteiger partial charge on any atom is -0.462 e. The van der Waals surface area contributed by atoms with Gasteiger partial charge in [0.15, 0.2) is 6.10 Å². The lowest BCUT2D eigenvalue weighted by Crippen LogP contribution is -2.33. The number of rotatable bonds is 8. The Labute approximate surface area is 142 Å². The fraction of sp³-hybridized carbons (Fsp3) is 0.615. The molecule has 0 bridgehead atoms. The second-order valence-corrected chi connectivity index (χ2v) is 6.41. The highest BCUT2D eigenvalue weighted by Gasteiger charge is 2.19. The molecular formula is C13H18O8S2. The van der Waals surface area contributed by atoms with E-state index in [0.717, 1.165) is 29.6 Å². The average molecular weight is 366 g/mol. The van der Waals surface area contributed by atoms with Crippen LogP contribution in [0.1, 0.15) is 0 Å². The van der Waals surface area contributed by atoms with Crippen LogP contribution >= 0.6 is 23.5 Å². The maximum atomic E-state index is 11.5. The molecule has 0 aromatic carbocycles. The molecule has 1 heterocycles. The Morgan fingerprint density at radius 1 is 1.09 bits per heavy atom. The summed E-state index contributed by atoms with van der Waals surface area (Å²) in [5, 5.41) is 0. The standard InChI is InChI=1S/C13H18O8S2/c1-2-11(14)19-3-5-22-13(16)23-6-4-20-12(15)21-10-7-17-9-18-8-10/h2,10H,1,3-9H2. The molecule has 1 rings (SSSR count). The minimum absolute atomic E-state index is 0.0513. The van der Waals surface area contributed by atoms with Crippen molar-refractivity contribution in [1.82, 2.24) is 0 Å². The van der Waals surface area contributed by atoms with Gasteiger partial charge in [0.05, 0.1) is 13.2 Å². The van der Waals surface area contributed by atoms with Gasteiger partial charge in [-0.05, 0) is 0 Å². The van der Waals surface area contributed by atoms with Gasteiger partial charge < -0.3 is 23.7 Å². The molecule has 0 saturated carbocycles. The van der Waals surface area contributed by atoms with Crippen LogP contribution in [0, 0.1) is 0 Å². The zero-order valence-corrected chi connectivity index (χ0v) is 14.0. The van der Waals surface area contributed by atoms with Crippen molar-refractivity contribution < 1.29 is 38.1 Å². The molecule has 0 spiro atoms. The molecule has 0 N–H and O–H groups in total. The van der Waals surface area contributed by atoms with E-state index in [-0.39, 0.29) is 37.7 Å². The van der Waals surface area contributed by atoms with Crippen molar-refractivity contribution in [1.29, 1.82) is 0 Å². The summed E-state index contributed by atoms with van der Waals surface area (Å²) in [6, 6.07) is 0. The largest absolute Gasteiger partial charge is 0.508 e. The molecule has 1 aliphatic rings. The zero-order valence-electron chi connectivity index (χ0n) is 12.4. The first-order chi connectivity index (χ1) is 11.1. The third-order valence-electron chi connectivity index (χ3n) is 2.27. The molecule has 10 heteroatoms. The van der Waals surface area contributed by atoms with Crippen molar-refractivity contribution in [2.24, 2.45) is 0 Å². The lowest BCUT2D eigenvalue weighted by molar-refractivity contribution is -0.157. The van der Waals surface area contributed by atoms with E-state index in [1.54, 1.807) is 0 Å². The summed E-state index contributed by atoms with van der Waals surface area (Å²) in [6.07, 6.45) is -0.232. The average Bonchev–Trinajstić information content (AvgIpc) is 2.56. The minimum atomic E-state index is -0.818. The monoisotopic (exact) mass is 366 g/mol. The molecule has 1 fully saturated rings. The number of hydrogen-bond acceptors (Lipinski definition) is 10. The van der Waals surface area contributed by atoms with E-state index in [0.29, 0.717) is 11.5 Å². The third-order valence-corrected chi connectivity index (χ3v) is 4.19. The van der Waals surface area contributed by atoms with E-state index in [2.05, 4.69) is 6.58 Å². The molecule has 0 unspecified atom stereocenters. The molecule has 130 valence electrons. The van der Waals surface area contributed by atoms with Crippen molar-refractivity contribution in [2.75, 3.05) is 44.7 Å². The molecule has 0 aromatic rings. The van der Waals surface area contributed by atoms with Crippen molar-refractivity contribution in [3.8, 4) is 0 Å². The smallest absolute Gasteiger partial charge is 0.462 e. The third kappa shape index (κ3) is 10.2. The number of hydrogen-bond donors (Lipinski definition) is 0. The second kappa shape index (κ2) is 12.2. The molecule has 0 amide bonds. The van der Waals surface area contributed by atoms with Crippen LogP contribution in [0.3, 0.4) is 0 Å². The molecule has 0 aliphatic carbocycles. The first kappa shape index (κ1) is 19.8. The Morgan fingerprint density at radius 2 is 1.70 bits per heavy atom. The Hall–Kier alpha value is -1.23. The van der Waals surface area contributed by atoms with Gasteiger partial charge >= 0.3 is 12.1 Å². The van der Waals surface area contributed by atoms with E-state index in [9.17, 15) is 14.4 Å². The van der Waals surface area contributed by atoms with E-state index in [1.165, 1.54) is 0 Å². The van der Waals surface area contributed by atoms with E-state index in [4.69, 9.17) is 23.7 Å². The van der Waals surface area contributed by atoms with Gasteiger partial charge in [0, 0.05) is 17.6 Å². The van der Waals surface area contributed by atoms with Gasteiger partial charge in [0.25, 0.3) is 0 Å². The first-order valence-electron chi connectivity index (χ1n) is 6.69. The maximum Gasteiger partial charge on any atom is 0.508 e. The van der Waals surface area contributed by atoms with Gasteiger partial charge in [0.2, 0.25) is 4.45 Å². The highest BCUT2D eigenvalue weighted by atomic mass is 32.2. The second-order valence-electron chi connectivity index (χ2n) is 4.02. The summed E-state index contributed by atoms with van der Waals surface area (Å²) in [4.78, 5) is 33.6. The van der Waals surface area contributed by atoms with Gasteiger partial charge in [0.1, 0.15) is 20.0 Å². The van der Waals surface area contributed by atoms with Crippen molar-refractivity contribution in [3.63, 3.8) is 0 Å². The topological polar surface area (TPSA) is 97.4 Å². The Balaban J connectivity index is 1.96. The molecule has 0 radical (unpaired) electrons. The predicted octanol–water partition coefficient (Wildman–Crippen LogP) is 1.83. The number of carbonyl (C=O) groups excluding carboxylic acids is 3. The van der Waals surface area contributed by atoms with Crippen LogP contribution in [-0.2, 0) is 28.5 Å². The first-order valence-corrected chi connectivity index (χ1v) is 8.66. The van der Waals surface area contributed by atoms with Crippen molar-refractivity contribution >= 4 is 40.1 Å². The Bertz CT molecular complexity index is 409. The number of thioether (sulfide) groups is 2. The summed E-state index contributed by atoms with van der Waals surface area (Å²) >= 11 is 2.03. The lowest BCUT2D eigenvalue weighted by Gasteiger charge is -2.21. The van der Waals surface area contributed by atoms with Crippen LogP contribution in [-0.4, -0.2) is 67.4 Å². The van der Waals surface area contributed by atoms with Crippen LogP contribution < -0.4 is 0 Å².